The first-order valence-corrected chi connectivity index (χ1v) is 6.67. The van der Waals surface area contributed by atoms with Crippen LogP contribution >= 0.6 is 11.6 Å². The van der Waals surface area contributed by atoms with Crippen LogP contribution in [0.15, 0.2) is 18.2 Å². The Morgan fingerprint density at radius 3 is 2.72 bits per heavy atom. The second-order valence-electron chi connectivity index (χ2n) is 4.87. The predicted molar refractivity (Wildman–Crippen MR) is 72.1 cm³/mol. The highest BCUT2D eigenvalue weighted by Crippen LogP contribution is 2.21. The summed E-state index contributed by atoms with van der Waals surface area (Å²) in [5.41, 5.74) is 2.13. The van der Waals surface area contributed by atoms with Gasteiger partial charge in [0, 0.05) is 5.02 Å². The molecule has 1 aromatic carbocycles. The molecule has 98 valence electrons. The van der Waals surface area contributed by atoms with Gasteiger partial charge in [0.15, 0.2) is 0 Å². The Morgan fingerprint density at radius 2 is 2.11 bits per heavy atom. The average molecular weight is 268 g/mol. The monoisotopic (exact) mass is 267 g/mol. The van der Waals surface area contributed by atoms with Crippen LogP contribution in [0.2, 0.25) is 5.02 Å². The first kappa shape index (κ1) is 13.4. The zero-order valence-corrected chi connectivity index (χ0v) is 11.3. The molecule has 0 saturated carbocycles. The Morgan fingerprint density at radius 1 is 1.44 bits per heavy atom. The van der Waals surface area contributed by atoms with Crippen LogP contribution in [0.5, 0.6) is 0 Å². The molecule has 0 unspecified atom stereocenters. The summed E-state index contributed by atoms with van der Waals surface area (Å²) in [7, 11) is 0. The van der Waals surface area contributed by atoms with E-state index in [-0.39, 0.29) is 0 Å². The first-order chi connectivity index (χ1) is 8.58. The lowest BCUT2D eigenvalue weighted by Crippen LogP contribution is -2.41. The van der Waals surface area contributed by atoms with Gasteiger partial charge in [0.05, 0.1) is 0 Å². The van der Waals surface area contributed by atoms with Crippen molar-refractivity contribution < 1.29 is 9.90 Å². The normalized spacial score (nSPS) is 17.9. The van der Waals surface area contributed by atoms with E-state index in [1.165, 1.54) is 0 Å². The molecule has 0 aromatic heterocycles. The summed E-state index contributed by atoms with van der Waals surface area (Å²) in [4.78, 5) is 13.5. The van der Waals surface area contributed by atoms with E-state index in [4.69, 9.17) is 11.6 Å². The van der Waals surface area contributed by atoms with E-state index in [1.54, 1.807) is 0 Å². The standard InChI is InChI=1S/C14H18ClNO2/c1-10-4-5-12(15)8-11(10)9-13(14(17)18)16-6-2-3-7-16/h4-5,8,13H,2-3,6-7,9H2,1H3,(H,17,18)/t13-/m1/s1. The lowest BCUT2D eigenvalue weighted by atomic mass is 10.0. The number of likely N-dealkylation sites (tertiary alicyclic amines) is 1. The fourth-order valence-corrected chi connectivity index (χ4v) is 2.69. The third-order valence-electron chi connectivity index (χ3n) is 3.59. The lowest BCUT2D eigenvalue weighted by Gasteiger charge is -2.24. The largest absolute Gasteiger partial charge is 0.480 e. The van der Waals surface area contributed by atoms with E-state index in [2.05, 4.69) is 4.90 Å². The Kier molecular flexibility index (Phi) is 4.25. The van der Waals surface area contributed by atoms with Gasteiger partial charge in [0.25, 0.3) is 0 Å². The maximum Gasteiger partial charge on any atom is 0.321 e. The Hall–Kier alpha value is -1.06. The second kappa shape index (κ2) is 5.72. The van der Waals surface area contributed by atoms with Crippen LogP contribution in [-0.2, 0) is 11.2 Å². The topological polar surface area (TPSA) is 40.5 Å². The fourth-order valence-electron chi connectivity index (χ4n) is 2.49. The molecule has 0 bridgehead atoms. The van der Waals surface area contributed by atoms with Gasteiger partial charge in [-0.3, -0.25) is 9.69 Å². The van der Waals surface area contributed by atoms with Crippen molar-refractivity contribution in [1.29, 1.82) is 0 Å². The molecule has 1 aromatic rings. The summed E-state index contributed by atoms with van der Waals surface area (Å²) in [6.45, 7) is 3.77. The number of halogens is 1. The zero-order valence-electron chi connectivity index (χ0n) is 10.5. The van der Waals surface area contributed by atoms with E-state index in [1.807, 2.05) is 25.1 Å². The lowest BCUT2D eigenvalue weighted by molar-refractivity contribution is -0.142. The summed E-state index contributed by atoms with van der Waals surface area (Å²) in [6, 6.07) is 5.24. The number of rotatable bonds is 4. The Bertz CT molecular complexity index is 441. The zero-order chi connectivity index (χ0) is 13.1. The molecule has 0 aliphatic carbocycles. The van der Waals surface area contributed by atoms with Gasteiger partial charge in [0.1, 0.15) is 6.04 Å². The number of benzene rings is 1. The highest BCUT2D eigenvalue weighted by Gasteiger charge is 2.28. The molecular formula is C14H18ClNO2. The molecule has 1 aliphatic rings. The van der Waals surface area contributed by atoms with Gasteiger partial charge in [-0.05, 0) is 62.5 Å². The van der Waals surface area contributed by atoms with Gasteiger partial charge in [-0.1, -0.05) is 17.7 Å². The number of carboxylic acids is 1. The number of aliphatic carboxylic acids is 1. The summed E-state index contributed by atoms with van der Waals surface area (Å²) < 4.78 is 0. The summed E-state index contributed by atoms with van der Waals surface area (Å²) in [5, 5.41) is 10.0. The van der Waals surface area contributed by atoms with Crippen molar-refractivity contribution in [2.45, 2.75) is 32.2 Å². The number of carboxylic acid groups (broad SMARTS) is 1. The molecule has 1 fully saturated rings. The van der Waals surface area contributed by atoms with Crippen molar-refractivity contribution in [3.63, 3.8) is 0 Å². The SMILES string of the molecule is Cc1ccc(Cl)cc1C[C@H](C(=O)O)N1CCCC1. The van der Waals surface area contributed by atoms with Crippen molar-refractivity contribution in [3.8, 4) is 0 Å². The molecule has 1 atom stereocenters. The number of nitrogens with zero attached hydrogens (tertiary/aromatic N) is 1. The van der Waals surface area contributed by atoms with Crippen LogP contribution in [-0.4, -0.2) is 35.1 Å². The molecule has 0 radical (unpaired) electrons. The second-order valence-corrected chi connectivity index (χ2v) is 5.31. The van der Waals surface area contributed by atoms with Crippen LogP contribution in [0.25, 0.3) is 0 Å². The Labute approximate surface area is 112 Å². The third kappa shape index (κ3) is 3.03. The minimum atomic E-state index is -0.740. The number of aryl methyl sites for hydroxylation is 1. The van der Waals surface area contributed by atoms with Crippen LogP contribution in [0.3, 0.4) is 0 Å². The molecule has 3 nitrogen and oxygen atoms in total. The third-order valence-corrected chi connectivity index (χ3v) is 3.83. The van der Waals surface area contributed by atoms with Gasteiger partial charge in [-0.2, -0.15) is 0 Å². The van der Waals surface area contributed by atoms with Crippen molar-refractivity contribution in [1.82, 2.24) is 4.90 Å². The van der Waals surface area contributed by atoms with Gasteiger partial charge in [0.2, 0.25) is 0 Å². The smallest absolute Gasteiger partial charge is 0.321 e. The van der Waals surface area contributed by atoms with Gasteiger partial charge >= 0.3 is 5.97 Å². The molecule has 0 spiro atoms. The number of hydrogen-bond donors (Lipinski definition) is 1. The molecular weight excluding hydrogens is 250 g/mol. The molecule has 4 heteroatoms. The summed E-state index contributed by atoms with van der Waals surface area (Å²) in [6.07, 6.45) is 2.72. The van der Waals surface area contributed by atoms with Crippen molar-refractivity contribution in [2.24, 2.45) is 0 Å². The van der Waals surface area contributed by atoms with Crippen LogP contribution < -0.4 is 0 Å². The minimum absolute atomic E-state index is 0.426. The minimum Gasteiger partial charge on any atom is -0.480 e. The molecule has 0 amide bonds. The first-order valence-electron chi connectivity index (χ1n) is 6.30. The van der Waals surface area contributed by atoms with Crippen molar-refractivity contribution in [3.05, 3.63) is 34.3 Å². The highest BCUT2D eigenvalue weighted by molar-refractivity contribution is 6.30. The van der Waals surface area contributed by atoms with E-state index >= 15 is 0 Å². The van der Waals surface area contributed by atoms with Crippen LogP contribution in [0.1, 0.15) is 24.0 Å². The van der Waals surface area contributed by atoms with Crippen LogP contribution in [0.4, 0.5) is 0 Å². The Balaban J connectivity index is 2.17. The average Bonchev–Trinajstić information content (AvgIpc) is 2.83. The number of hydrogen-bond acceptors (Lipinski definition) is 2. The molecule has 18 heavy (non-hydrogen) atoms. The number of carbonyl (C=O) groups is 1. The molecule has 1 N–H and O–H groups in total. The van der Waals surface area contributed by atoms with E-state index < -0.39 is 12.0 Å². The van der Waals surface area contributed by atoms with E-state index in [0.717, 1.165) is 37.1 Å². The highest BCUT2D eigenvalue weighted by atomic mass is 35.5. The fraction of sp³-hybridized carbons (Fsp3) is 0.500. The van der Waals surface area contributed by atoms with Gasteiger partial charge < -0.3 is 5.11 Å². The van der Waals surface area contributed by atoms with Crippen molar-refractivity contribution in [2.75, 3.05) is 13.1 Å². The van der Waals surface area contributed by atoms with Gasteiger partial charge in [-0.15, -0.1) is 0 Å². The molecule has 1 saturated heterocycles. The van der Waals surface area contributed by atoms with Gasteiger partial charge in [-0.25, -0.2) is 0 Å². The van der Waals surface area contributed by atoms with E-state index in [9.17, 15) is 9.90 Å². The molecule has 1 aliphatic heterocycles. The quantitative estimate of drug-likeness (QED) is 0.912. The summed E-state index contributed by atoms with van der Waals surface area (Å²) in [5.74, 6) is -0.740. The van der Waals surface area contributed by atoms with E-state index in [0.29, 0.717) is 11.4 Å². The predicted octanol–water partition coefficient (Wildman–Crippen LogP) is 2.74. The maximum absolute atomic E-state index is 11.4. The maximum atomic E-state index is 11.4. The molecule has 1 heterocycles. The van der Waals surface area contributed by atoms with Crippen molar-refractivity contribution >= 4 is 17.6 Å². The van der Waals surface area contributed by atoms with Crippen LogP contribution in [0, 0.1) is 6.92 Å². The molecule has 2 rings (SSSR count). The summed E-state index contributed by atoms with van der Waals surface area (Å²) >= 11 is 5.98.